The van der Waals surface area contributed by atoms with Crippen LogP contribution in [0, 0.1) is 52.3 Å². The molecule has 1 saturated heterocycles. The molecule has 11 atom stereocenters. The maximum atomic E-state index is 13.3. The molecule has 1 aliphatic heterocycles. The molecule has 0 amide bonds. The van der Waals surface area contributed by atoms with Crippen molar-refractivity contribution in [2.45, 2.75) is 104 Å². The van der Waals surface area contributed by atoms with Gasteiger partial charge in [-0.05, 0) is 111 Å². The third-order valence-electron chi connectivity index (χ3n) is 11.9. The quantitative estimate of drug-likeness (QED) is 0.625. The van der Waals surface area contributed by atoms with E-state index >= 15 is 0 Å². The maximum Gasteiger partial charge on any atom is 0.136 e. The van der Waals surface area contributed by atoms with Crippen molar-refractivity contribution in [2.24, 2.45) is 52.3 Å². The number of likely N-dealkylation sites (tertiary alicyclic amines) is 1. The molecule has 0 unspecified atom stereocenters. The predicted molar refractivity (Wildman–Crippen MR) is 126 cm³/mol. The van der Waals surface area contributed by atoms with E-state index in [4.69, 9.17) is 0 Å². The maximum absolute atomic E-state index is 13.3. The highest BCUT2D eigenvalue weighted by Gasteiger charge is 2.62. The number of rotatable bonds is 2. The van der Waals surface area contributed by atoms with Crippen LogP contribution in [-0.2, 0) is 4.79 Å². The molecule has 0 aromatic carbocycles. The van der Waals surface area contributed by atoms with Crippen LogP contribution in [0.1, 0.15) is 91.9 Å². The van der Waals surface area contributed by atoms with E-state index in [0.717, 1.165) is 55.4 Å². The molecule has 0 spiro atoms. The van der Waals surface area contributed by atoms with Gasteiger partial charge in [-0.2, -0.15) is 0 Å². The number of Topliss-reactive ketones (excluding diaryl/α,β-unsaturated/α-hetero) is 1. The fourth-order valence-electron chi connectivity index (χ4n) is 10.3. The van der Waals surface area contributed by atoms with E-state index in [1.165, 1.54) is 45.1 Å². The van der Waals surface area contributed by atoms with Crippen LogP contribution < -0.4 is 0 Å². The Morgan fingerprint density at radius 2 is 1.71 bits per heavy atom. The first kappa shape index (κ1) is 22.4. The number of hydrogen-bond donors (Lipinski definition) is 1. The normalized spacial score (nSPS) is 54.1. The molecule has 0 aromatic rings. The Hall–Kier alpha value is -0.410. The van der Waals surface area contributed by atoms with Gasteiger partial charge in [0.15, 0.2) is 0 Å². The van der Waals surface area contributed by atoms with Gasteiger partial charge in [-0.3, -0.25) is 4.79 Å². The van der Waals surface area contributed by atoms with Gasteiger partial charge in [0, 0.05) is 24.9 Å². The van der Waals surface area contributed by atoms with Crippen molar-refractivity contribution in [3.8, 4) is 0 Å². The Kier molecular flexibility index (Phi) is 5.65. The zero-order chi connectivity index (χ0) is 22.1. The lowest BCUT2D eigenvalue weighted by atomic mass is 9.44. The minimum atomic E-state index is -0.251. The van der Waals surface area contributed by atoms with Gasteiger partial charge in [0.2, 0.25) is 0 Å². The van der Waals surface area contributed by atoms with E-state index < -0.39 is 0 Å². The van der Waals surface area contributed by atoms with Gasteiger partial charge in [0.05, 0.1) is 6.10 Å². The van der Waals surface area contributed by atoms with Gasteiger partial charge in [0.1, 0.15) is 5.78 Å². The Bertz CT molecular complexity index is 707. The Labute approximate surface area is 190 Å². The number of hydrogen-bond acceptors (Lipinski definition) is 3. The molecule has 3 heteroatoms. The fourth-order valence-corrected chi connectivity index (χ4v) is 10.3. The predicted octanol–water partition coefficient (Wildman–Crippen LogP) is 5.55. The first-order chi connectivity index (χ1) is 14.6. The summed E-state index contributed by atoms with van der Waals surface area (Å²) in [4.78, 5) is 16.0. The monoisotopic (exact) mass is 429 g/mol. The lowest BCUT2D eigenvalue weighted by Gasteiger charge is -2.60. The number of fused-ring (bicyclic) bond motifs is 5. The van der Waals surface area contributed by atoms with Gasteiger partial charge in [0.25, 0.3) is 0 Å². The van der Waals surface area contributed by atoms with Crippen molar-refractivity contribution in [1.82, 2.24) is 4.90 Å². The Balaban J connectivity index is 1.37. The van der Waals surface area contributed by atoms with Gasteiger partial charge in [-0.15, -0.1) is 0 Å². The largest absolute Gasteiger partial charge is 0.393 e. The average Bonchev–Trinajstić information content (AvgIpc) is 3.06. The van der Waals surface area contributed by atoms with Gasteiger partial charge in [-0.25, -0.2) is 0 Å². The Morgan fingerprint density at radius 1 is 1.00 bits per heavy atom. The average molecular weight is 430 g/mol. The van der Waals surface area contributed by atoms with Gasteiger partial charge < -0.3 is 10.0 Å². The number of ketones is 1. The second kappa shape index (κ2) is 7.83. The van der Waals surface area contributed by atoms with E-state index in [1.54, 1.807) is 0 Å². The lowest BCUT2D eigenvalue weighted by Crippen LogP contribution is -2.57. The summed E-state index contributed by atoms with van der Waals surface area (Å²) in [5.74, 6) is 5.06. The summed E-state index contributed by atoms with van der Waals surface area (Å²) < 4.78 is 0. The second-order valence-electron chi connectivity index (χ2n) is 13.3. The van der Waals surface area contributed by atoms with Crippen molar-refractivity contribution in [1.29, 1.82) is 0 Å². The highest BCUT2D eigenvalue weighted by molar-refractivity contribution is 5.83. The smallest absolute Gasteiger partial charge is 0.136 e. The molecule has 5 rings (SSSR count). The molecule has 5 fully saturated rings. The van der Waals surface area contributed by atoms with Crippen LogP contribution in [0.4, 0.5) is 0 Å². The van der Waals surface area contributed by atoms with Crippen LogP contribution in [0.2, 0.25) is 0 Å². The summed E-state index contributed by atoms with van der Waals surface area (Å²) in [6.07, 6.45) is 11.4. The first-order valence-electron chi connectivity index (χ1n) is 13.6. The molecule has 5 aliphatic rings. The molecule has 1 N–H and O–H groups in total. The highest BCUT2D eigenvalue weighted by Crippen LogP contribution is 2.68. The van der Waals surface area contributed by atoms with E-state index in [2.05, 4.69) is 39.6 Å². The van der Waals surface area contributed by atoms with Crippen molar-refractivity contribution < 1.29 is 9.90 Å². The number of aliphatic hydroxyl groups is 1. The number of carbonyl (C=O) groups is 1. The van der Waals surface area contributed by atoms with Crippen molar-refractivity contribution in [2.75, 3.05) is 13.6 Å². The summed E-state index contributed by atoms with van der Waals surface area (Å²) >= 11 is 0. The minimum absolute atomic E-state index is 0.121. The van der Waals surface area contributed by atoms with Crippen molar-refractivity contribution in [3.05, 3.63) is 0 Å². The number of aliphatic hydroxyl groups excluding tert-OH is 1. The summed E-state index contributed by atoms with van der Waals surface area (Å²) in [7, 11) is 2.36. The Morgan fingerprint density at radius 3 is 2.45 bits per heavy atom. The molecule has 0 bridgehead atoms. The third kappa shape index (κ3) is 3.38. The lowest BCUT2D eigenvalue weighted by molar-refractivity contribution is -0.160. The number of nitrogens with zero attached hydrogens (tertiary/aromatic N) is 1. The molecule has 1 heterocycles. The molecule has 176 valence electrons. The SMILES string of the molecule is C[C@@H]1CC[C@@H]([C@@H](C)[C@@H]2CC[C@H]3[C@@H]4CC(=O)[C@H]5C[C@@H](O)CC[C@]5(C)[C@H]4CC[C@]23C)N(C)C1. The molecule has 31 heavy (non-hydrogen) atoms. The van der Waals surface area contributed by atoms with Crippen LogP contribution >= 0.6 is 0 Å². The minimum Gasteiger partial charge on any atom is -0.393 e. The molecule has 4 saturated carbocycles. The molecular formula is C28H47NO2. The van der Waals surface area contributed by atoms with Crippen LogP contribution in [0.5, 0.6) is 0 Å². The standard InChI is InChI=1S/C28H47NO2/c1-17-6-9-25(29(5)16-17)18(2)21-7-8-22-20-15-26(31)24-14-19(30)10-12-28(24,4)23(20)11-13-27(21,22)3/h17-25,30H,6-16H2,1-5H3/t17-,18+,19+,20+,21+,22+,23+,24-,25+,27-,28-/m1/s1. The molecular weight excluding hydrogens is 382 g/mol. The van der Waals surface area contributed by atoms with Crippen molar-refractivity contribution in [3.63, 3.8) is 0 Å². The zero-order valence-electron chi connectivity index (χ0n) is 20.8. The summed E-state index contributed by atoms with van der Waals surface area (Å²) in [5.41, 5.74) is 0.562. The molecule has 0 aromatic heterocycles. The highest BCUT2D eigenvalue weighted by atomic mass is 16.3. The van der Waals surface area contributed by atoms with E-state index in [-0.39, 0.29) is 17.4 Å². The van der Waals surface area contributed by atoms with Crippen molar-refractivity contribution >= 4 is 5.78 Å². The molecule has 3 nitrogen and oxygen atoms in total. The first-order valence-corrected chi connectivity index (χ1v) is 13.6. The molecule has 0 radical (unpaired) electrons. The summed E-state index contributed by atoms with van der Waals surface area (Å²) in [6.45, 7) is 11.3. The number of carbonyl (C=O) groups excluding carboxylic acids is 1. The summed E-state index contributed by atoms with van der Waals surface area (Å²) in [5, 5.41) is 10.3. The second-order valence-corrected chi connectivity index (χ2v) is 13.3. The van der Waals surface area contributed by atoms with E-state index in [1.807, 2.05) is 0 Å². The van der Waals surface area contributed by atoms with Crippen LogP contribution in [0.15, 0.2) is 0 Å². The van der Waals surface area contributed by atoms with E-state index in [0.29, 0.717) is 23.0 Å². The van der Waals surface area contributed by atoms with E-state index in [9.17, 15) is 9.90 Å². The summed E-state index contributed by atoms with van der Waals surface area (Å²) in [6, 6.07) is 0.740. The number of piperidine rings is 1. The zero-order valence-corrected chi connectivity index (χ0v) is 20.8. The topological polar surface area (TPSA) is 40.5 Å². The molecule has 4 aliphatic carbocycles. The van der Waals surface area contributed by atoms with Crippen LogP contribution in [-0.4, -0.2) is 41.5 Å². The third-order valence-corrected chi connectivity index (χ3v) is 11.9. The fraction of sp³-hybridized carbons (Fsp3) is 0.964. The van der Waals surface area contributed by atoms with Gasteiger partial charge in [-0.1, -0.05) is 27.7 Å². The van der Waals surface area contributed by atoms with Gasteiger partial charge >= 0.3 is 0 Å². The van der Waals surface area contributed by atoms with Crippen LogP contribution in [0.25, 0.3) is 0 Å². The van der Waals surface area contributed by atoms with Crippen LogP contribution in [0.3, 0.4) is 0 Å².